The Balaban J connectivity index is 2.42. The van der Waals surface area contributed by atoms with E-state index in [1.807, 2.05) is 6.92 Å². The smallest absolute Gasteiger partial charge is 0.116 e. The maximum Gasteiger partial charge on any atom is 0.116 e. The molecule has 1 fully saturated rings. The van der Waals surface area contributed by atoms with Crippen LogP contribution in [0, 0.1) is 6.92 Å². The average molecular weight is 155 g/mol. The van der Waals surface area contributed by atoms with Gasteiger partial charge in [-0.2, -0.15) is 4.37 Å². The summed E-state index contributed by atoms with van der Waals surface area (Å²) in [6, 6.07) is 0. The Kier molecular flexibility index (Phi) is 1.13. The first-order valence-electron chi connectivity index (χ1n) is 3.28. The third-order valence-corrected chi connectivity index (χ3v) is 2.62. The lowest BCUT2D eigenvalue weighted by molar-refractivity contribution is 0.329. The second-order valence-electron chi connectivity index (χ2n) is 2.83. The van der Waals surface area contributed by atoms with Gasteiger partial charge >= 0.3 is 0 Å². The predicted octanol–water partition coefficient (Wildman–Crippen LogP) is 1.70. The minimum absolute atomic E-state index is 0.0110. The van der Waals surface area contributed by atoms with Gasteiger partial charge in [0, 0.05) is 10.9 Å². The van der Waals surface area contributed by atoms with Crippen molar-refractivity contribution in [1.82, 2.24) is 4.37 Å². The van der Waals surface area contributed by atoms with Crippen LogP contribution >= 0.6 is 11.5 Å². The molecule has 2 heterocycles. The summed E-state index contributed by atoms with van der Waals surface area (Å²) >= 11 is 1.50. The van der Waals surface area contributed by atoms with Crippen LogP contribution in [0.1, 0.15) is 18.2 Å². The van der Waals surface area contributed by atoms with Crippen molar-refractivity contribution < 1.29 is 4.74 Å². The molecule has 1 aliphatic heterocycles. The molecule has 2 rings (SSSR count). The maximum absolute atomic E-state index is 5.29. The molecule has 1 aromatic heterocycles. The Hall–Kier alpha value is -0.410. The summed E-state index contributed by atoms with van der Waals surface area (Å²) < 4.78 is 9.47. The molecule has 1 aliphatic rings. The first-order valence-corrected chi connectivity index (χ1v) is 4.11. The summed E-state index contributed by atoms with van der Waals surface area (Å²) in [5, 5.41) is 2.07. The van der Waals surface area contributed by atoms with Gasteiger partial charge in [0.05, 0.1) is 12.3 Å². The van der Waals surface area contributed by atoms with E-state index in [4.69, 9.17) is 4.74 Å². The van der Waals surface area contributed by atoms with Gasteiger partial charge in [0.25, 0.3) is 0 Å². The van der Waals surface area contributed by atoms with Crippen LogP contribution in [-0.4, -0.2) is 11.0 Å². The largest absolute Gasteiger partial charge is 0.365 e. The Labute approximate surface area is 64.0 Å². The fourth-order valence-electron chi connectivity index (χ4n) is 1.06. The number of nitrogens with zero attached hydrogens (tertiary/aromatic N) is 1. The summed E-state index contributed by atoms with van der Waals surface area (Å²) in [5.74, 6) is 0. The number of hydrogen-bond acceptors (Lipinski definition) is 3. The molecule has 0 spiro atoms. The number of ether oxygens (including phenoxy) is 1. The van der Waals surface area contributed by atoms with E-state index in [9.17, 15) is 0 Å². The van der Waals surface area contributed by atoms with Crippen LogP contribution in [0.3, 0.4) is 0 Å². The number of aromatic nitrogens is 1. The molecule has 0 amide bonds. The van der Waals surface area contributed by atoms with Crippen LogP contribution in [0.25, 0.3) is 0 Å². The van der Waals surface area contributed by atoms with Crippen molar-refractivity contribution in [3.63, 3.8) is 0 Å². The highest BCUT2D eigenvalue weighted by molar-refractivity contribution is 7.03. The molecule has 0 aliphatic carbocycles. The van der Waals surface area contributed by atoms with Crippen LogP contribution < -0.4 is 0 Å². The number of hydrogen-bond donors (Lipinski definition) is 0. The lowest BCUT2D eigenvalue weighted by atomic mass is 10.0. The fourth-order valence-corrected chi connectivity index (χ4v) is 1.90. The van der Waals surface area contributed by atoms with Gasteiger partial charge in [-0.15, -0.1) is 0 Å². The predicted molar refractivity (Wildman–Crippen MR) is 40.2 cm³/mol. The Morgan fingerprint density at radius 2 is 2.50 bits per heavy atom. The van der Waals surface area contributed by atoms with Gasteiger partial charge in [0.1, 0.15) is 5.60 Å². The van der Waals surface area contributed by atoms with E-state index < -0.39 is 0 Å². The minimum atomic E-state index is 0.0110. The highest BCUT2D eigenvalue weighted by Gasteiger charge is 2.43. The van der Waals surface area contributed by atoms with Gasteiger partial charge < -0.3 is 4.74 Å². The van der Waals surface area contributed by atoms with E-state index in [2.05, 4.69) is 16.7 Å². The van der Waals surface area contributed by atoms with Gasteiger partial charge in [-0.3, -0.25) is 0 Å². The monoisotopic (exact) mass is 155 g/mol. The van der Waals surface area contributed by atoms with E-state index >= 15 is 0 Å². The summed E-state index contributed by atoms with van der Waals surface area (Å²) in [6.45, 7) is 4.98. The first kappa shape index (κ1) is 6.31. The Bertz CT molecular complexity index is 252. The van der Waals surface area contributed by atoms with Crippen LogP contribution in [0.15, 0.2) is 5.38 Å². The van der Waals surface area contributed by atoms with Crippen molar-refractivity contribution in [2.24, 2.45) is 0 Å². The zero-order chi connectivity index (χ0) is 7.19. The standard InChI is InChI=1S/C7H9NOS/c1-5-6(3-10-8-5)7(2)4-9-7/h3H,4H2,1-2H3. The molecule has 0 saturated carbocycles. The highest BCUT2D eigenvalue weighted by atomic mass is 32.1. The Morgan fingerprint density at radius 3 is 2.90 bits per heavy atom. The molecule has 0 aromatic carbocycles. The van der Waals surface area contributed by atoms with Gasteiger partial charge in [-0.25, -0.2) is 0 Å². The third-order valence-electron chi connectivity index (χ3n) is 1.90. The van der Waals surface area contributed by atoms with Crippen molar-refractivity contribution in [3.05, 3.63) is 16.6 Å². The third kappa shape index (κ3) is 0.777. The molecule has 1 unspecified atom stereocenters. The van der Waals surface area contributed by atoms with Gasteiger partial charge in [-0.1, -0.05) is 0 Å². The number of rotatable bonds is 1. The van der Waals surface area contributed by atoms with E-state index in [-0.39, 0.29) is 5.60 Å². The van der Waals surface area contributed by atoms with Crippen LogP contribution in [0.2, 0.25) is 0 Å². The van der Waals surface area contributed by atoms with Crippen LogP contribution in [0.4, 0.5) is 0 Å². The van der Waals surface area contributed by atoms with Crippen molar-refractivity contribution in [1.29, 1.82) is 0 Å². The van der Waals surface area contributed by atoms with E-state index in [1.54, 1.807) is 0 Å². The maximum atomic E-state index is 5.29. The first-order chi connectivity index (χ1) is 4.72. The lowest BCUT2D eigenvalue weighted by Gasteiger charge is -2.00. The van der Waals surface area contributed by atoms with Gasteiger partial charge in [-0.05, 0) is 25.4 Å². The fraction of sp³-hybridized carbons (Fsp3) is 0.571. The summed E-state index contributed by atoms with van der Waals surface area (Å²) in [4.78, 5) is 0. The Morgan fingerprint density at radius 1 is 1.80 bits per heavy atom. The quantitative estimate of drug-likeness (QED) is 0.577. The molecule has 1 atom stereocenters. The summed E-state index contributed by atoms with van der Waals surface area (Å²) in [5.41, 5.74) is 2.39. The minimum Gasteiger partial charge on any atom is -0.365 e. The number of epoxide rings is 1. The molecule has 54 valence electrons. The second kappa shape index (κ2) is 1.80. The van der Waals surface area contributed by atoms with E-state index in [0.717, 1.165) is 12.3 Å². The average Bonchev–Trinajstić information content (AvgIpc) is 2.44. The van der Waals surface area contributed by atoms with Crippen LogP contribution in [0.5, 0.6) is 0 Å². The number of aryl methyl sites for hydroxylation is 1. The molecule has 3 heteroatoms. The van der Waals surface area contributed by atoms with Gasteiger partial charge in [0.15, 0.2) is 0 Å². The highest BCUT2D eigenvalue weighted by Crippen LogP contribution is 2.39. The van der Waals surface area contributed by atoms with Crippen LogP contribution in [-0.2, 0) is 10.3 Å². The molecule has 1 aromatic rings. The molecular formula is C7H9NOS. The zero-order valence-electron chi connectivity index (χ0n) is 6.05. The molecule has 0 radical (unpaired) electrons. The van der Waals surface area contributed by atoms with Crippen molar-refractivity contribution in [2.45, 2.75) is 19.4 Å². The molecule has 10 heavy (non-hydrogen) atoms. The normalized spacial score (nSPS) is 30.6. The molecule has 0 N–H and O–H groups in total. The topological polar surface area (TPSA) is 25.4 Å². The molecule has 1 saturated heterocycles. The SMILES string of the molecule is Cc1nscc1C1(C)CO1. The van der Waals surface area contributed by atoms with Crippen molar-refractivity contribution in [3.8, 4) is 0 Å². The van der Waals surface area contributed by atoms with Gasteiger partial charge in [0.2, 0.25) is 0 Å². The zero-order valence-corrected chi connectivity index (χ0v) is 6.86. The van der Waals surface area contributed by atoms with Crippen molar-refractivity contribution >= 4 is 11.5 Å². The van der Waals surface area contributed by atoms with E-state index in [0.29, 0.717) is 0 Å². The second-order valence-corrected chi connectivity index (χ2v) is 3.46. The lowest BCUT2D eigenvalue weighted by Crippen LogP contribution is -2.01. The molecule has 0 bridgehead atoms. The van der Waals surface area contributed by atoms with E-state index in [1.165, 1.54) is 17.1 Å². The summed E-state index contributed by atoms with van der Waals surface area (Å²) in [7, 11) is 0. The summed E-state index contributed by atoms with van der Waals surface area (Å²) in [6.07, 6.45) is 0. The molecule has 2 nitrogen and oxygen atoms in total. The van der Waals surface area contributed by atoms with Crippen molar-refractivity contribution in [2.75, 3.05) is 6.61 Å². The molecular weight excluding hydrogens is 146 g/mol.